The second-order valence-electron chi connectivity index (χ2n) is 9.39. The summed E-state index contributed by atoms with van der Waals surface area (Å²) in [6, 6.07) is 18.7. The number of anilines is 1. The summed E-state index contributed by atoms with van der Waals surface area (Å²) in [6.07, 6.45) is 2.72. The highest BCUT2D eigenvalue weighted by molar-refractivity contribution is 7.90. The summed E-state index contributed by atoms with van der Waals surface area (Å²) in [5.41, 5.74) is 1.45. The molecule has 10 nitrogen and oxygen atoms in total. The van der Waals surface area contributed by atoms with Crippen molar-refractivity contribution in [2.24, 2.45) is 0 Å². The van der Waals surface area contributed by atoms with Gasteiger partial charge in [0.2, 0.25) is 4.90 Å². The second-order valence-corrected chi connectivity index (χ2v) is 10.6. The van der Waals surface area contributed by atoms with Gasteiger partial charge in [-0.2, -0.15) is 0 Å². The monoisotopic (exact) mass is 548 g/mol. The molecular weight excluding hydrogens is 520 g/mol. The van der Waals surface area contributed by atoms with Crippen molar-refractivity contribution in [2.45, 2.75) is 31.2 Å². The average Bonchev–Trinajstić information content (AvgIpc) is 3.41. The van der Waals surface area contributed by atoms with Crippen molar-refractivity contribution in [3.8, 4) is 28.4 Å². The van der Waals surface area contributed by atoms with Crippen molar-refractivity contribution >= 4 is 29.3 Å². The molecule has 1 aromatic heterocycles. The minimum atomic E-state index is -2.06. The summed E-state index contributed by atoms with van der Waals surface area (Å²) in [4.78, 5) is 29.1. The fourth-order valence-corrected chi connectivity index (χ4v) is 4.34. The summed E-state index contributed by atoms with van der Waals surface area (Å²) in [6.45, 7) is 5.40. The van der Waals surface area contributed by atoms with Gasteiger partial charge in [-0.3, -0.25) is 10.1 Å². The smallest absolute Gasteiger partial charge is 0.357 e. The van der Waals surface area contributed by atoms with Gasteiger partial charge >= 0.3 is 12.0 Å². The van der Waals surface area contributed by atoms with E-state index in [0.717, 1.165) is 16.9 Å². The number of methoxy groups -OCH3 is 1. The highest BCUT2D eigenvalue weighted by atomic mass is 32.2. The van der Waals surface area contributed by atoms with Gasteiger partial charge in [0.05, 0.1) is 13.3 Å². The minimum absolute atomic E-state index is 0.0148. The van der Waals surface area contributed by atoms with Gasteiger partial charge in [-0.15, -0.1) is 4.72 Å². The number of amides is 3. The normalized spacial score (nSPS) is 11.8. The first-order chi connectivity index (χ1) is 18.6. The van der Waals surface area contributed by atoms with E-state index >= 15 is 0 Å². The largest absolute Gasteiger partial charge is 0.588 e. The highest BCUT2D eigenvalue weighted by Gasteiger charge is 2.26. The topological polar surface area (TPSA) is 138 Å². The lowest BCUT2D eigenvalue weighted by atomic mass is 10.1. The van der Waals surface area contributed by atoms with Gasteiger partial charge in [0.25, 0.3) is 5.91 Å². The van der Waals surface area contributed by atoms with Crippen molar-refractivity contribution < 1.29 is 28.0 Å². The summed E-state index contributed by atoms with van der Waals surface area (Å²) in [5.74, 6) is 0.873. The molecule has 0 aliphatic carbocycles. The lowest BCUT2D eigenvalue weighted by Crippen LogP contribution is -2.48. The van der Waals surface area contributed by atoms with E-state index in [1.165, 1.54) is 30.7 Å². The molecular formula is C28H28N4O6S. The number of aromatic nitrogens is 1. The van der Waals surface area contributed by atoms with Gasteiger partial charge in [-0.25, -0.2) is 9.78 Å². The number of nitrogens with one attached hydrogen (secondary N) is 3. The predicted molar refractivity (Wildman–Crippen MR) is 147 cm³/mol. The van der Waals surface area contributed by atoms with Crippen LogP contribution < -0.4 is 24.8 Å². The Morgan fingerprint density at radius 1 is 0.974 bits per heavy atom. The average molecular weight is 549 g/mol. The molecule has 1 heterocycles. The molecule has 202 valence electrons. The first-order valence-corrected chi connectivity index (χ1v) is 13.0. The number of ether oxygens (including phenoxy) is 2. The van der Waals surface area contributed by atoms with Crippen molar-refractivity contribution in [2.75, 3.05) is 12.4 Å². The molecule has 0 fully saturated rings. The molecule has 0 aliphatic heterocycles. The molecule has 3 N–H and O–H groups in total. The van der Waals surface area contributed by atoms with Crippen LogP contribution in [0, 0.1) is 0 Å². The Kier molecular flexibility index (Phi) is 8.43. The summed E-state index contributed by atoms with van der Waals surface area (Å²) in [7, 11) is 1.61. The zero-order valence-corrected chi connectivity index (χ0v) is 22.6. The van der Waals surface area contributed by atoms with Gasteiger partial charge in [0.1, 0.15) is 29.1 Å². The fourth-order valence-electron chi connectivity index (χ4n) is 3.49. The number of nitrogens with zero attached hydrogens (tertiary/aromatic N) is 1. The van der Waals surface area contributed by atoms with Gasteiger partial charge in [-0.05, 0) is 68.3 Å². The lowest BCUT2D eigenvalue weighted by Gasteiger charge is -2.21. The fraction of sp³-hybridized carbons (Fsp3) is 0.179. The van der Waals surface area contributed by atoms with Crippen LogP contribution in [-0.4, -0.2) is 34.1 Å². The van der Waals surface area contributed by atoms with Gasteiger partial charge in [0.15, 0.2) is 5.75 Å². The van der Waals surface area contributed by atoms with Gasteiger partial charge in [0, 0.05) is 17.2 Å². The molecule has 0 aliphatic rings. The molecule has 0 bridgehead atoms. The maximum Gasteiger partial charge on any atom is 0.357 e. The van der Waals surface area contributed by atoms with Crippen molar-refractivity contribution in [3.05, 3.63) is 84.8 Å². The Labute approximate surface area is 229 Å². The van der Waals surface area contributed by atoms with Crippen molar-refractivity contribution in [1.82, 2.24) is 15.0 Å². The number of carbonyl (C=O) groups is 2. The molecule has 0 radical (unpaired) electrons. The van der Waals surface area contributed by atoms with Crippen LogP contribution >= 0.6 is 0 Å². The Balaban J connectivity index is 1.62. The Hall–Kier alpha value is -4.48. The molecule has 1 atom stereocenters. The van der Waals surface area contributed by atoms with Crippen LogP contribution in [0.3, 0.4) is 0 Å². The number of carbonyl (C=O) groups excluding carboxylic acids is 2. The van der Waals surface area contributed by atoms with E-state index in [0.29, 0.717) is 5.75 Å². The molecule has 39 heavy (non-hydrogen) atoms. The van der Waals surface area contributed by atoms with Gasteiger partial charge < -0.3 is 23.8 Å². The molecule has 0 saturated heterocycles. The van der Waals surface area contributed by atoms with Crippen molar-refractivity contribution in [3.63, 3.8) is 0 Å². The van der Waals surface area contributed by atoms with Crippen LogP contribution in [0.2, 0.25) is 0 Å². The number of oxazole rings is 1. The van der Waals surface area contributed by atoms with E-state index in [9.17, 15) is 14.1 Å². The summed E-state index contributed by atoms with van der Waals surface area (Å²) < 4.78 is 32.1. The van der Waals surface area contributed by atoms with Crippen LogP contribution in [0.25, 0.3) is 11.1 Å². The number of rotatable bonds is 8. The van der Waals surface area contributed by atoms with E-state index in [4.69, 9.17) is 13.9 Å². The number of hydrogen-bond acceptors (Lipinski definition) is 7. The quantitative estimate of drug-likeness (QED) is 0.247. The molecule has 0 spiro atoms. The summed E-state index contributed by atoms with van der Waals surface area (Å²) in [5, 5.41) is 5.21. The van der Waals surface area contributed by atoms with Crippen LogP contribution in [0.4, 0.5) is 10.8 Å². The van der Waals surface area contributed by atoms with Crippen molar-refractivity contribution in [1.29, 1.82) is 0 Å². The molecule has 11 heteroatoms. The number of benzene rings is 3. The third kappa shape index (κ3) is 7.53. The molecule has 4 aromatic rings. The maximum absolute atomic E-state index is 13.3. The van der Waals surface area contributed by atoms with Crippen LogP contribution in [-0.2, 0) is 11.4 Å². The van der Waals surface area contributed by atoms with Crippen LogP contribution in [0.5, 0.6) is 17.2 Å². The standard InChI is InChI=1S/C28H28N4O6S/c1-28(2,3)31-26(34)32-39(35)24-17-20(25(33)30-27-29-14-15-37-27)10-13-23(24)38-22-7-5-6-19(16-22)18-8-11-21(36-4)12-9-18/h5-17H,1-4H3,(H,29,30,33)(H2,31,32,34). The lowest BCUT2D eigenvalue weighted by molar-refractivity contribution is 0.102. The summed E-state index contributed by atoms with van der Waals surface area (Å²) >= 11 is -2.06. The first kappa shape index (κ1) is 27.6. The van der Waals surface area contributed by atoms with Gasteiger partial charge in [-0.1, -0.05) is 24.3 Å². The molecule has 3 amide bonds. The zero-order chi connectivity index (χ0) is 28.0. The van der Waals surface area contributed by atoms with E-state index in [-0.39, 0.29) is 22.2 Å². The third-order valence-electron chi connectivity index (χ3n) is 5.22. The minimum Gasteiger partial charge on any atom is -0.588 e. The third-order valence-corrected chi connectivity index (χ3v) is 6.31. The van der Waals surface area contributed by atoms with E-state index in [1.54, 1.807) is 33.9 Å². The van der Waals surface area contributed by atoms with Crippen LogP contribution in [0.1, 0.15) is 31.1 Å². The molecule has 0 saturated carbocycles. The van der Waals surface area contributed by atoms with E-state index in [1.807, 2.05) is 42.5 Å². The number of urea groups is 1. The van der Waals surface area contributed by atoms with E-state index < -0.39 is 28.8 Å². The highest BCUT2D eigenvalue weighted by Crippen LogP contribution is 2.33. The molecule has 3 aromatic carbocycles. The Morgan fingerprint density at radius 2 is 1.74 bits per heavy atom. The predicted octanol–water partition coefficient (Wildman–Crippen LogP) is 5.52. The number of hydrogen-bond donors (Lipinski definition) is 3. The molecule has 4 rings (SSSR count). The Morgan fingerprint density at radius 3 is 2.41 bits per heavy atom. The maximum atomic E-state index is 13.3. The zero-order valence-electron chi connectivity index (χ0n) is 21.8. The Bertz CT molecular complexity index is 1440. The van der Waals surface area contributed by atoms with Crippen LogP contribution in [0.15, 0.2) is 88.5 Å². The second kappa shape index (κ2) is 11.9. The van der Waals surface area contributed by atoms with E-state index in [2.05, 4.69) is 20.3 Å². The molecule has 1 unspecified atom stereocenters. The first-order valence-electron chi connectivity index (χ1n) is 11.9. The SMILES string of the molecule is COc1ccc(-c2cccc(Oc3ccc(C(=O)Nc4ncco4)cc3[S+]([O-])NC(=O)NC(C)(C)C)c2)cc1.